The zero-order chi connectivity index (χ0) is 8.27. The number of rotatable bonds is 2. The fraction of sp³-hybridized carbons (Fsp3) is 0.286. The lowest BCUT2D eigenvalue weighted by atomic mass is 10.4. The van der Waals surface area contributed by atoms with Gasteiger partial charge >= 0.3 is 0 Å². The Kier molecular flexibility index (Phi) is 2.97. The van der Waals surface area contributed by atoms with Gasteiger partial charge in [-0.2, -0.15) is 0 Å². The summed E-state index contributed by atoms with van der Waals surface area (Å²) in [6, 6.07) is 3.51. The van der Waals surface area contributed by atoms with E-state index in [0.717, 1.165) is 12.2 Å². The summed E-state index contributed by atoms with van der Waals surface area (Å²) in [5.74, 6) is 0. The van der Waals surface area contributed by atoms with E-state index in [0.29, 0.717) is 10.3 Å². The smallest absolute Gasteiger partial charge is 0.153 e. The van der Waals surface area contributed by atoms with Crippen molar-refractivity contribution in [1.82, 2.24) is 4.98 Å². The summed E-state index contributed by atoms with van der Waals surface area (Å²) in [5, 5.41) is 3.88. The van der Waals surface area contributed by atoms with Crippen LogP contribution in [0.15, 0.2) is 12.1 Å². The second-order valence-corrected chi connectivity index (χ2v) is 2.75. The zero-order valence-corrected chi connectivity index (χ0v) is 7.58. The Morgan fingerprint density at radius 2 is 2.18 bits per heavy atom. The predicted molar refractivity (Wildman–Crippen MR) is 48.4 cm³/mol. The fourth-order valence-corrected chi connectivity index (χ4v) is 1.15. The van der Waals surface area contributed by atoms with Crippen LogP contribution in [0.3, 0.4) is 0 Å². The molecule has 0 spiro atoms. The van der Waals surface area contributed by atoms with Gasteiger partial charge in [-0.1, -0.05) is 23.2 Å². The Balaban J connectivity index is 2.90. The molecule has 1 aromatic rings. The van der Waals surface area contributed by atoms with E-state index in [2.05, 4.69) is 10.3 Å². The number of hydrogen-bond acceptors (Lipinski definition) is 2. The normalized spacial score (nSPS) is 9.73. The Morgan fingerprint density at radius 1 is 1.45 bits per heavy atom. The van der Waals surface area contributed by atoms with E-state index < -0.39 is 0 Å². The molecule has 1 N–H and O–H groups in total. The topological polar surface area (TPSA) is 24.9 Å². The molecule has 1 heterocycles. The number of aromatic nitrogens is 1. The van der Waals surface area contributed by atoms with Gasteiger partial charge in [0.15, 0.2) is 5.15 Å². The SMILES string of the molecule is CCNc1ccc(Cl)nc1Cl. The van der Waals surface area contributed by atoms with Crippen LogP contribution < -0.4 is 5.32 Å². The summed E-state index contributed by atoms with van der Waals surface area (Å²) >= 11 is 11.3. The van der Waals surface area contributed by atoms with Crippen molar-refractivity contribution in [3.63, 3.8) is 0 Å². The molecule has 0 aliphatic rings. The third-order valence-electron chi connectivity index (χ3n) is 1.18. The van der Waals surface area contributed by atoms with Crippen LogP contribution in [0.4, 0.5) is 5.69 Å². The molecule has 1 aromatic heterocycles. The van der Waals surface area contributed by atoms with Crippen molar-refractivity contribution >= 4 is 28.9 Å². The molecule has 0 saturated carbocycles. The van der Waals surface area contributed by atoms with Crippen LogP contribution >= 0.6 is 23.2 Å². The number of pyridine rings is 1. The average molecular weight is 191 g/mol. The Bertz CT molecular complexity index is 250. The van der Waals surface area contributed by atoms with Crippen LogP contribution in [-0.4, -0.2) is 11.5 Å². The maximum Gasteiger partial charge on any atom is 0.153 e. The van der Waals surface area contributed by atoms with Crippen molar-refractivity contribution in [3.8, 4) is 0 Å². The molecule has 0 atom stereocenters. The van der Waals surface area contributed by atoms with Gasteiger partial charge in [0.05, 0.1) is 5.69 Å². The van der Waals surface area contributed by atoms with Gasteiger partial charge in [0.2, 0.25) is 0 Å². The molecule has 0 aliphatic carbocycles. The molecule has 0 fully saturated rings. The van der Waals surface area contributed by atoms with E-state index in [1.807, 2.05) is 6.92 Å². The molecule has 0 unspecified atom stereocenters. The standard InChI is InChI=1S/C7H8Cl2N2/c1-2-10-5-3-4-6(8)11-7(5)9/h3-4,10H,2H2,1H3. The highest BCUT2D eigenvalue weighted by Gasteiger charge is 1.99. The highest BCUT2D eigenvalue weighted by molar-refractivity contribution is 6.34. The fourth-order valence-electron chi connectivity index (χ4n) is 0.734. The second-order valence-electron chi connectivity index (χ2n) is 2.00. The summed E-state index contributed by atoms with van der Waals surface area (Å²) in [5.41, 5.74) is 0.818. The molecule has 2 nitrogen and oxygen atoms in total. The van der Waals surface area contributed by atoms with E-state index in [9.17, 15) is 0 Å². The van der Waals surface area contributed by atoms with Gasteiger partial charge in [-0.15, -0.1) is 0 Å². The minimum Gasteiger partial charge on any atom is -0.383 e. The zero-order valence-electron chi connectivity index (χ0n) is 6.06. The molecule has 0 bridgehead atoms. The first-order valence-corrected chi connectivity index (χ1v) is 4.05. The van der Waals surface area contributed by atoms with Crippen LogP contribution in [0, 0.1) is 0 Å². The quantitative estimate of drug-likeness (QED) is 0.727. The first kappa shape index (κ1) is 8.62. The largest absolute Gasteiger partial charge is 0.383 e. The lowest BCUT2D eigenvalue weighted by Gasteiger charge is -2.03. The van der Waals surface area contributed by atoms with E-state index in [1.165, 1.54) is 0 Å². The van der Waals surface area contributed by atoms with Gasteiger partial charge in [0.25, 0.3) is 0 Å². The Hall–Kier alpha value is -0.470. The van der Waals surface area contributed by atoms with Gasteiger partial charge in [-0.25, -0.2) is 4.98 Å². The minimum absolute atomic E-state index is 0.414. The van der Waals surface area contributed by atoms with Crippen molar-refractivity contribution in [3.05, 3.63) is 22.4 Å². The van der Waals surface area contributed by atoms with Crippen molar-refractivity contribution in [2.24, 2.45) is 0 Å². The number of halogens is 2. The van der Waals surface area contributed by atoms with Gasteiger partial charge in [0.1, 0.15) is 5.15 Å². The number of nitrogens with zero attached hydrogens (tertiary/aromatic N) is 1. The highest BCUT2D eigenvalue weighted by atomic mass is 35.5. The van der Waals surface area contributed by atoms with Crippen molar-refractivity contribution < 1.29 is 0 Å². The molecule has 60 valence electrons. The highest BCUT2D eigenvalue weighted by Crippen LogP contribution is 2.20. The first-order chi connectivity index (χ1) is 5.24. The molecule has 0 amide bonds. The van der Waals surface area contributed by atoms with E-state index in [4.69, 9.17) is 23.2 Å². The van der Waals surface area contributed by atoms with Crippen molar-refractivity contribution in [2.75, 3.05) is 11.9 Å². The number of anilines is 1. The van der Waals surface area contributed by atoms with E-state index in [-0.39, 0.29) is 0 Å². The molecule has 0 aromatic carbocycles. The van der Waals surface area contributed by atoms with E-state index >= 15 is 0 Å². The van der Waals surface area contributed by atoms with Gasteiger partial charge < -0.3 is 5.32 Å². The summed E-state index contributed by atoms with van der Waals surface area (Å²) in [6.45, 7) is 2.81. The lowest BCUT2D eigenvalue weighted by Crippen LogP contribution is -1.97. The number of hydrogen-bond donors (Lipinski definition) is 1. The maximum atomic E-state index is 5.75. The summed E-state index contributed by atoms with van der Waals surface area (Å²) in [4.78, 5) is 3.86. The molecular formula is C7H8Cl2N2. The van der Waals surface area contributed by atoms with E-state index in [1.54, 1.807) is 12.1 Å². The van der Waals surface area contributed by atoms with Crippen LogP contribution in [-0.2, 0) is 0 Å². The predicted octanol–water partition coefficient (Wildman–Crippen LogP) is 2.82. The Morgan fingerprint density at radius 3 is 2.73 bits per heavy atom. The van der Waals surface area contributed by atoms with Crippen LogP contribution in [0.5, 0.6) is 0 Å². The third kappa shape index (κ3) is 2.24. The van der Waals surface area contributed by atoms with Crippen molar-refractivity contribution in [2.45, 2.75) is 6.92 Å². The van der Waals surface area contributed by atoms with Crippen LogP contribution in [0.1, 0.15) is 6.92 Å². The maximum absolute atomic E-state index is 5.75. The summed E-state index contributed by atoms with van der Waals surface area (Å²) in [6.07, 6.45) is 0. The third-order valence-corrected chi connectivity index (χ3v) is 1.68. The molecular weight excluding hydrogens is 183 g/mol. The van der Waals surface area contributed by atoms with Gasteiger partial charge in [0, 0.05) is 6.54 Å². The molecule has 4 heteroatoms. The molecule has 0 saturated heterocycles. The monoisotopic (exact) mass is 190 g/mol. The molecule has 1 rings (SSSR count). The van der Waals surface area contributed by atoms with Crippen LogP contribution in [0.25, 0.3) is 0 Å². The number of nitrogens with one attached hydrogen (secondary N) is 1. The van der Waals surface area contributed by atoms with Gasteiger partial charge in [-0.3, -0.25) is 0 Å². The average Bonchev–Trinajstić information content (AvgIpc) is 1.95. The second kappa shape index (κ2) is 3.79. The summed E-state index contributed by atoms with van der Waals surface area (Å²) < 4.78 is 0. The molecule has 0 radical (unpaired) electrons. The van der Waals surface area contributed by atoms with Gasteiger partial charge in [-0.05, 0) is 19.1 Å². The first-order valence-electron chi connectivity index (χ1n) is 3.30. The Labute approximate surface area is 75.5 Å². The molecule has 0 aliphatic heterocycles. The minimum atomic E-state index is 0.414. The lowest BCUT2D eigenvalue weighted by molar-refractivity contribution is 1.19. The summed E-state index contributed by atoms with van der Waals surface area (Å²) in [7, 11) is 0. The van der Waals surface area contributed by atoms with Crippen molar-refractivity contribution in [1.29, 1.82) is 0 Å². The van der Waals surface area contributed by atoms with Crippen LogP contribution in [0.2, 0.25) is 10.3 Å². The molecule has 11 heavy (non-hydrogen) atoms.